The second kappa shape index (κ2) is 6.86. The predicted octanol–water partition coefficient (Wildman–Crippen LogP) is 2.31. The maximum atomic E-state index is 11.8. The molecule has 5 nitrogen and oxygen atoms in total. The molecule has 0 bridgehead atoms. The zero-order valence-corrected chi connectivity index (χ0v) is 11.6. The van der Waals surface area contributed by atoms with Gasteiger partial charge in [-0.25, -0.2) is 0 Å². The Bertz CT molecular complexity index is 754. The van der Waals surface area contributed by atoms with Crippen LogP contribution in [0.1, 0.15) is 21.5 Å². The van der Waals surface area contributed by atoms with Crippen molar-refractivity contribution >= 4 is 23.6 Å². The van der Waals surface area contributed by atoms with E-state index in [0.717, 1.165) is 5.56 Å². The molecule has 0 aliphatic heterocycles. The quantitative estimate of drug-likeness (QED) is 0.846. The van der Waals surface area contributed by atoms with Crippen LogP contribution in [0, 0.1) is 11.3 Å². The van der Waals surface area contributed by atoms with Crippen LogP contribution in [0.4, 0.5) is 5.69 Å². The van der Waals surface area contributed by atoms with Gasteiger partial charge >= 0.3 is 0 Å². The lowest BCUT2D eigenvalue weighted by Crippen LogP contribution is -2.11. The van der Waals surface area contributed by atoms with Gasteiger partial charge in [0.2, 0.25) is 11.8 Å². The zero-order chi connectivity index (χ0) is 15.9. The van der Waals surface area contributed by atoms with Crippen LogP contribution in [-0.2, 0) is 4.79 Å². The number of anilines is 1. The third-order valence-electron chi connectivity index (χ3n) is 2.90. The van der Waals surface area contributed by atoms with Gasteiger partial charge in [-0.2, -0.15) is 5.26 Å². The molecule has 0 atom stereocenters. The van der Waals surface area contributed by atoms with Crippen LogP contribution in [0.25, 0.3) is 6.08 Å². The number of benzene rings is 2. The lowest BCUT2D eigenvalue weighted by Gasteiger charge is -2.02. The minimum atomic E-state index is -0.515. The van der Waals surface area contributed by atoms with Gasteiger partial charge in [0, 0.05) is 17.3 Å². The first-order valence-electron chi connectivity index (χ1n) is 6.47. The Morgan fingerprint density at radius 1 is 1.05 bits per heavy atom. The first kappa shape index (κ1) is 15.0. The lowest BCUT2D eigenvalue weighted by molar-refractivity contribution is -0.111. The number of amides is 2. The van der Waals surface area contributed by atoms with Crippen molar-refractivity contribution in [3.05, 3.63) is 71.3 Å². The molecule has 0 heterocycles. The average molecular weight is 291 g/mol. The van der Waals surface area contributed by atoms with E-state index in [1.165, 1.54) is 6.08 Å². The molecule has 3 N–H and O–H groups in total. The summed E-state index contributed by atoms with van der Waals surface area (Å²) in [5.41, 5.74) is 7.47. The van der Waals surface area contributed by atoms with Crippen LogP contribution in [0.15, 0.2) is 54.6 Å². The fourth-order valence-corrected chi connectivity index (χ4v) is 1.74. The average Bonchev–Trinajstić information content (AvgIpc) is 2.54. The summed E-state index contributed by atoms with van der Waals surface area (Å²) in [6.45, 7) is 0. The Labute approximate surface area is 127 Å². The molecule has 2 amide bonds. The summed E-state index contributed by atoms with van der Waals surface area (Å²) >= 11 is 0. The highest BCUT2D eigenvalue weighted by atomic mass is 16.1. The molecule has 108 valence electrons. The fourth-order valence-electron chi connectivity index (χ4n) is 1.74. The van der Waals surface area contributed by atoms with Gasteiger partial charge in [0.15, 0.2) is 0 Å². The van der Waals surface area contributed by atoms with E-state index in [9.17, 15) is 9.59 Å². The van der Waals surface area contributed by atoms with Crippen LogP contribution in [0.3, 0.4) is 0 Å². The van der Waals surface area contributed by atoms with E-state index in [2.05, 4.69) is 5.32 Å². The number of carbonyl (C=O) groups is 2. The molecule has 2 aromatic carbocycles. The van der Waals surface area contributed by atoms with E-state index in [1.807, 2.05) is 6.07 Å². The lowest BCUT2D eigenvalue weighted by atomic mass is 10.1. The molecule has 0 spiro atoms. The van der Waals surface area contributed by atoms with Crippen LogP contribution < -0.4 is 11.1 Å². The minimum absolute atomic E-state index is 0.295. The normalized spacial score (nSPS) is 10.1. The Morgan fingerprint density at radius 3 is 2.23 bits per heavy atom. The van der Waals surface area contributed by atoms with E-state index in [4.69, 9.17) is 11.0 Å². The van der Waals surface area contributed by atoms with Gasteiger partial charge in [0.05, 0.1) is 11.6 Å². The Hall–Kier alpha value is -3.39. The number of nitrogens with one attached hydrogen (secondary N) is 1. The first-order valence-corrected chi connectivity index (χ1v) is 6.47. The van der Waals surface area contributed by atoms with E-state index in [-0.39, 0.29) is 5.91 Å². The molecule has 0 aromatic heterocycles. The first-order chi connectivity index (χ1) is 10.6. The molecule has 0 unspecified atom stereocenters. The van der Waals surface area contributed by atoms with E-state index in [1.54, 1.807) is 54.6 Å². The fraction of sp³-hybridized carbons (Fsp3) is 0. The summed E-state index contributed by atoms with van der Waals surface area (Å²) < 4.78 is 0. The summed E-state index contributed by atoms with van der Waals surface area (Å²) in [6, 6.07) is 15.2. The molecule has 2 aromatic rings. The maximum Gasteiger partial charge on any atom is 0.248 e. The highest BCUT2D eigenvalue weighted by molar-refractivity contribution is 6.02. The van der Waals surface area contributed by atoms with Crippen molar-refractivity contribution in [3.63, 3.8) is 0 Å². The second-order valence-electron chi connectivity index (χ2n) is 4.50. The highest BCUT2D eigenvalue weighted by Gasteiger charge is 2.01. The molecule has 2 rings (SSSR count). The van der Waals surface area contributed by atoms with Gasteiger partial charge in [-0.1, -0.05) is 12.1 Å². The van der Waals surface area contributed by atoms with Crippen LogP contribution in [0.5, 0.6) is 0 Å². The molecule has 5 heteroatoms. The van der Waals surface area contributed by atoms with Crippen molar-refractivity contribution in [2.75, 3.05) is 5.32 Å². The number of hydrogen-bond acceptors (Lipinski definition) is 3. The van der Waals surface area contributed by atoms with Gasteiger partial charge in [-0.15, -0.1) is 0 Å². The van der Waals surface area contributed by atoms with Crippen LogP contribution >= 0.6 is 0 Å². The number of hydrogen-bond donors (Lipinski definition) is 2. The minimum Gasteiger partial charge on any atom is -0.366 e. The number of nitrogens with two attached hydrogens (primary N) is 1. The van der Waals surface area contributed by atoms with Crippen molar-refractivity contribution in [1.82, 2.24) is 0 Å². The van der Waals surface area contributed by atoms with Crippen molar-refractivity contribution in [1.29, 1.82) is 5.26 Å². The smallest absolute Gasteiger partial charge is 0.248 e. The Morgan fingerprint density at radius 2 is 1.68 bits per heavy atom. The van der Waals surface area contributed by atoms with Crippen molar-refractivity contribution in [2.24, 2.45) is 5.73 Å². The molecule has 0 saturated heterocycles. The molecule has 0 aliphatic rings. The van der Waals surface area contributed by atoms with E-state index in [0.29, 0.717) is 16.8 Å². The second-order valence-corrected chi connectivity index (χ2v) is 4.50. The molecular weight excluding hydrogens is 278 g/mol. The van der Waals surface area contributed by atoms with E-state index < -0.39 is 5.91 Å². The molecule has 0 aliphatic carbocycles. The van der Waals surface area contributed by atoms with Gasteiger partial charge in [-0.3, -0.25) is 9.59 Å². The third-order valence-corrected chi connectivity index (χ3v) is 2.90. The number of carbonyl (C=O) groups excluding carboxylic acids is 2. The van der Waals surface area contributed by atoms with Crippen LogP contribution in [0.2, 0.25) is 0 Å². The number of rotatable bonds is 4. The molecule has 0 fully saturated rings. The largest absolute Gasteiger partial charge is 0.366 e. The highest BCUT2D eigenvalue weighted by Crippen LogP contribution is 2.10. The molecule has 0 radical (unpaired) electrons. The predicted molar refractivity (Wildman–Crippen MR) is 83.8 cm³/mol. The van der Waals surface area contributed by atoms with Gasteiger partial charge in [0.1, 0.15) is 0 Å². The summed E-state index contributed by atoms with van der Waals surface area (Å²) in [5.74, 6) is -0.810. The topological polar surface area (TPSA) is 96.0 Å². The molecule has 0 saturated carbocycles. The monoisotopic (exact) mass is 291 g/mol. The van der Waals surface area contributed by atoms with Gasteiger partial charge in [-0.05, 0) is 48.0 Å². The zero-order valence-electron chi connectivity index (χ0n) is 11.6. The molecular formula is C17H13N3O2. The summed E-state index contributed by atoms with van der Waals surface area (Å²) in [4.78, 5) is 22.7. The Balaban J connectivity index is 1.98. The van der Waals surface area contributed by atoms with Crippen LogP contribution in [-0.4, -0.2) is 11.8 Å². The van der Waals surface area contributed by atoms with Gasteiger partial charge in [0.25, 0.3) is 0 Å². The van der Waals surface area contributed by atoms with Crippen molar-refractivity contribution in [3.8, 4) is 6.07 Å². The number of primary amides is 1. The van der Waals surface area contributed by atoms with Gasteiger partial charge < -0.3 is 11.1 Å². The SMILES string of the molecule is N#Cc1ccc(C=CC(=O)Nc2ccc(C(N)=O)cc2)cc1. The maximum absolute atomic E-state index is 11.8. The summed E-state index contributed by atoms with van der Waals surface area (Å²) in [7, 11) is 0. The number of nitriles is 1. The number of nitrogens with zero attached hydrogens (tertiary/aromatic N) is 1. The summed E-state index contributed by atoms with van der Waals surface area (Å²) in [6.07, 6.45) is 3.04. The third kappa shape index (κ3) is 4.05. The molecule has 22 heavy (non-hydrogen) atoms. The Kier molecular flexibility index (Phi) is 4.68. The standard InChI is InChI=1S/C17H13N3O2/c18-11-13-3-1-12(2-4-13)5-10-16(21)20-15-8-6-14(7-9-15)17(19)22/h1-10H,(H2,19,22)(H,20,21). The van der Waals surface area contributed by atoms with Crippen molar-refractivity contribution < 1.29 is 9.59 Å². The van der Waals surface area contributed by atoms with E-state index >= 15 is 0 Å². The van der Waals surface area contributed by atoms with Crippen molar-refractivity contribution in [2.45, 2.75) is 0 Å². The summed E-state index contributed by atoms with van der Waals surface area (Å²) in [5, 5.41) is 11.4.